The first kappa shape index (κ1) is 16.3. The number of carbonyl (C=O) groups is 1. The van der Waals surface area contributed by atoms with Crippen LogP contribution >= 0.6 is 0 Å². The molecule has 1 saturated heterocycles. The number of hydrogen-bond acceptors (Lipinski definition) is 5. The van der Waals surface area contributed by atoms with Crippen LogP contribution in [0.1, 0.15) is 10.5 Å². The first-order valence-electron chi connectivity index (χ1n) is 8.53. The SMILES string of the molecule is Cn1cccc1C(=O)N1CCN(c2nc3cccnc3n(C)c2=O)CC1. The van der Waals surface area contributed by atoms with Gasteiger partial charge in [-0.15, -0.1) is 0 Å². The highest BCUT2D eigenvalue weighted by Gasteiger charge is 2.26. The fraction of sp³-hybridized carbons (Fsp3) is 0.333. The van der Waals surface area contributed by atoms with Gasteiger partial charge in [-0.3, -0.25) is 14.2 Å². The van der Waals surface area contributed by atoms with Gasteiger partial charge in [0.15, 0.2) is 11.5 Å². The molecule has 0 spiro atoms. The molecule has 0 unspecified atom stereocenters. The molecule has 1 aliphatic rings. The molecule has 1 aliphatic heterocycles. The lowest BCUT2D eigenvalue weighted by Crippen LogP contribution is -2.50. The molecule has 8 nitrogen and oxygen atoms in total. The minimum Gasteiger partial charge on any atom is -0.348 e. The minimum absolute atomic E-state index is 0.0146. The highest BCUT2D eigenvalue weighted by molar-refractivity contribution is 5.93. The molecule has 134 valence electrons. The molecule has 4 rings (SSSR count). The zero-order chi connectivity index (χ0) is 18.3. The molecule has 3 aromatic rings. The van der Waals surface area contributed by atoms with E-state index < -0.39 is 0 Å². The molecule has 0 N–H and O–H groups in total. The van der Waals surface area contributed by atoms with Crippen LogP contribution in [-0.4, -0.2) is 56.1 Å². The second-order valence-electron chi connectivity index (χ2n) is 6.43. The Labute approximate surface area is 150 Å². The van der Waals surface area contributed by atoms with E-state index in [0.717, 1.165) is 0 Å². The van der Waals surface area contributed by atoms with Crippen LogP contribution in [0, 0.1) is 0 Å². The summed E-state index contributed by atoms with van der Waals surface area (Å²) in [6.45, 7) is 2.26. The van der Waals surface area contributed by atoms with Crippen LogP contribution in [0.2, 0.25) is 0 Å². The number of piperazine rings is 1. The first-order valence-corrected chi connectivity index (χ1v) is 8.53. The third-order valence-electron chi connectivity index (χ3n) is 4.84. The quantitative estimate of drug-likeness (QED) is 0.676. The number of anilines is 1. The monoisotopic (exact) mass is 352 g/mol. The second kappa shape index (κ2) is 6.29. The lowest BCUT2D eigenvalue weighted by Gasteiger charge is -2.35. The average Bonchev–Trinajstić information content (AvgIpc) is 3.10. The number of rotatable bonds is 2. The van der Waals surface area contributed by atoms with Crippen molar-refractivity contribution in [3.8, 4) is 0 Å². The van der Waals surface area contributed by atoms with E-state index in [1.807, 2.05) is 45.8 Å². The van der Waals surface area contributed by atoms with Gasteiger partial charge in [0.25, 0.3) is 11.5 Å². The van der Waals surface area contributed by atoms with E-state index in [2.05, 4.69) is 9.97 Å². The zero-order valence-corrected chi connectivity index (χ0v) is 14.8. The van der Waals surface area contributed by atoms with Crippen molar-refractivity contribution in [2.24, 2.45) is 14.1 Å². The summed E-state index contributed by atoms with van der Waals surface area (Å²) < 4.78 is 3.35. The van der Waals surface area contributed by atoms with Crippen molar-refractivity contribution in [3.05, 3.63) is 52.7 Å². The molecule has 26 heavy (non-hydrogen) atoms. The van der Waals surface area contributed by atoms with E-state index in [9.17, 15) is 9.59 Å². The first-order chi connectivity index (χ1) is 12.6. The maximum atomic E-state index is 12.7. The van der Waals surface area contributed by atoms with Crippen LogP contribution in [0.3, 0.4) is 0 Å². The summed E-state index contributed by atoms with van der Waals surface area (Å²) in [5, 5.41) is 0. The Balaban J connectivity index is 1.56. The summed E-state index contributed by atoms with van der Waals surface area (Å²) in [5.41, 5.74) is 1.76. The van der Waals surface area contributed by atoms with Gasteiger partial charge in [-0.25, -0.2) is 9.97 Å². The molecule has 1 fully saturated rings. The van der Waals surface area contributed by atoms with Gasteiger partial charge in [0.1, 0.15) is 11.2 Å². The van der Waals surface area contributed by atoms with E-state index in [4.69, 9.17) is 0 Å². The van der Waals surface area contributed by atoms with Gasteiger partial charge >= 0.3 is 0 Å². The Bertz CT molecular complexity index is 1030. The second-order valence-corrected chi connectivity index (χ2v) is 6.43. The third-order valence-corrected chi connectivity index (χ3v) is 4.84. The molecular weight excluding hydrogens is 332 g/mol. The molecular formula is C18H20N6O2. The normalized spacial score (nSPS) is 14.8. The summed E-state index contributed by atoms with van der Waals surface area (Å²) in [5.74, 6) is 0.430. The molecule has 0 saturated carbocycles. The van der Waals surface area contributed by atoms with Crippen LogP contribution < -0.4 is 10.5 Å². The zero-order valence-electron chi connectivity index (χ0n) is 14.8. The van der Waals surface area contributed by atoms with Crippen molar-refractivity contribution < 1.29 is 4.79 Å². The van der Waals surface area contributed by atoms with Crippen LogP contribution in [0.4, 0.5) is 5.82 Å². The summed E-state index contributed by atoms with van der Waals surface area (Å²) in [7, 11) is 3.57. The van der Waals surface area contributed by atoms with Crippen molar-refractivity contribution in [3.63, 3.8) is 0 Å². The number of pyridine rings is 1. The van der Waals surface area contributed by atoms with E-state index >= 15 is 0 Å². The number of aryl methyl sites for hydroxylation is 2. The van der Waals surface area contributed by atoms with Crippen molar-refractivity contribution in [2.45, 2.75) is 0 Å². The molecule has 0 bridgehead atoms. The Kier molecular flexibility index (Phi) is 3.95. The fourth-order valence-corrected chi connectivity index (χ4v) is 3.31. The summed E-state index contributed by atoms with van der Waals surface area (Å²) in [6.07, 6.45) is 3.51. The van der Waals surface area contributed by atoms with Crippen LogP contribution in [0.25, 0.3) is 11.2 Å². The largest absolute Gasteiger partial charge is 0.348 e. The molecule has 0 aliphatic carbocycles. The smallest absolute Gasteiger partial charge is 0.294 e. The van der Waals surface area contributed by atoms with Crippen LogP contribution in [0.5, 0.6) is 0 Å². The summed E-state index contributed by atoms with van der Waals surface area (Å²) in [6, 6.07) is 7.34. The number of amides is 1. The van der Waals surface area contributed by atoms with E-state index in [1.54, 1.807) is 19.3 Å². The Hall–Kier alpha value is -3.16. The standard InChI is InChI=1S/C18H20N6O2/c1-21-8-4-6-14(21)17(25)24-11-9-23(10-12-24)16-18(26)22(2)15-13(20-16)5-3-7-19-15/h3-8H,9-12H2,1-2H3. The predicted molar refractivity (Wildman–Crippen MR) is 98.3 cm³/mol. The molecule has 1 amide bonds. The average molecular weight is 352 g/mol. The van der Waals surface area contributed by atoms with Gasteiger partial charge in [0, 0.05) is 52.7 Å². The maximum absolute atomic E-state index is 12.7. The molecule has 8 heteroatoms. The predicted octanol–water partition coefficient (Wildman–Crippen LogP) is 0.629. The Morgan fingerprint density at radius 3 is 2.54 bits per heavy atom. The van der Waals surface area contributed by atoms with Gasteiger partial charge in [-0.2, -0.15) is 0 Å². The van der Waals surface area contributed by atoms with Gasteiger partial charge in [0.2, 0.25) is 0 Å². The van der Waals surface area contributed by atoms with Gasteiger partial charge < -0.3 is 14.4 Å². The molecule has 0 aromatic carbocycles. The van der Waals surface area contributed by atoms with Crippen LogP contribution in [-0.2, 0) is 14.1 Å². The Morgan fingerprint density at radius 2 is 1.85 bits per heavy atom. The Morgan fingerprint density at radius 1 is 1.08 bits per heavy atom. The molecule has 0 radical (unpaired) electrons. The number of hydrogen-bond donors (Lipinski definition) is 0. The molecule has 4 heterocycles. The van der Waals surface area contributed by atoms with E-state index in [1.165, 1.54) is 4.57 Å². The maximum Gasteiger partial charge on any atom is 0.294 e. The number of carbonyl (C=O) groups excluding carboxylic acids is 1. The van der Waals surface area contributed by atoms with Crippen LogP contribution in [0.15, 0.2) is 41.5 Å². The minimum atomic E-state index is -0.168. The lowest BCUT2D eigenvalue weighted by molar-refractivity contribution is 0.0737. The molecule has 0 atom stereocenters. The summed E-state index contributed by atoms with van der Waals surface area (Å²) in [4.78, 5) is 37.8. The topological polar surface area (TPSA) is 76.3 Å². The van der Waals surface area contributed by atoms with E-state index in [0.29, 0.717) is 48.9 Å². The van der Waals surface area contributed by atoms with Gasteiger partial charge in [-0.05, 0) is 24.3 Å². The number of nitrogens with zero attached hydrogens (tertiary/aromatic N) is 6. The number of aromatic nitrogens is 4. The highest BCUT2D eigenvalue weighted by atomic mass is 16.2. The fourth-order valence-electron chi connectivity index (χ4n) is 3.31. The lowest BCUT2D eigenvalue weighted by atomic mass is 10.2. The van der Waals surface area contributed by atoms with Gasteiger partial charge in [0.05, 0.1) is 0 Å². The number of fused-ring (bicyclic) bond motifs is 1. The molecule has 3 aromatic heterocycles. The van der Waals surface area contributed by atoms with Crippen molar-refractivity contribution in [2.75, 3.05) is 31.1 Å². The van der Waals surface area contributed by atoms with Crippen molar-refractivity contribution in [1.29, 1.82) is 0 Å². The van der Waals surface area contributed by atoms with Crippen molar-refractivity contribution in [1.82, 2.24) is 24.0 Å². The third kappa shape index (κ3) is 2.63. The van der Waals surface area contributed by atoms with Gasteiger partial charge in [-0.1, -0.05) is 0 Å². The van der Waals surface area contributed by atoms with Crippen molar-refractivity contribution >= 4 is 22.9 Å². The van der Waals surface area contributed by atoms with E-state index in [-0.39, 0.29) is 11.5 Å². The highest BCUT2D eigenvalue weighted by Crippen LogP contribution is 2.15. The summed E-state index contributed by atoms with van der Waals surface area (Å²) >= 11 is 0.